The number of nitriles is 1. The average Bonchev–Trinajstić information content (AvgIpc) is 2.49. The molecule has 0 aliphatic heterocycles. The van der Waals surface area contributed by atoms with Crippen LogP contribution in [0, 0.1) is 11.3 Å². The van der Waals surface area contributed by atoms with Gasteiger partial charge in [0, 0.05) is 0 Å². The molecule has 2 aromatic carbocycles. The van der Waals surface area contributed by atoms with Crippen LogP contribution >= 0.6 is 23.2 Å². The summed E-state index contributed by atoms with van der Waals surface area (Å²) in [5.41, 5.74) is 0.817. The lowest BCUT2D eigenvalue weighted by Gasteiger charge is -2.10. The Labute approximate surface area is 131 Å². The molecule has 0 aliphatic carbocycles. The van der Waals surface area contributed by atoms with Crippen LogP contribution in [0.15, 0.2) is 42.5 Å². The van der Waals surface area contributed by atoms with Gasteiger partial charge in [0.1, 0.15) is 16.8 Å². The summed E-state index contributed by atoms with van der Waals surface area (Å²) >= 11 is 11.8. The lowest BCUT2D eigenvalue weighted by molar-refractivity contribution is -0.118. The maximum absolute atomic E-state index is 11.8. The Morgan fingerprint density at radius 1 is 1.19 bits per heavy atom. The van der Waals surface area contributed by atoms with Gasteiger partial charge >= 0.3 is 0 Å². The van der Waals surface area contributed by atoms with E-state index in [0.29, 0.717) is 22.0 Å². The molecule has 0 atom stereocenters. The highest BCUT2D eigenvalue weighted by Gasteiger charge is 2.10. The van der Waals surface area contributed by atoms with E-state index in [0.717, 1.165) is 0 Å². The number of amides is 1. The molecule has 0 spiro atoms. The normalized spacial score (nSPS) is 9.76. The van der Waals surface area contributed by atoms with Crippen molar-refractivity contribution >= 4 is 34.8 Å². The minimum atomic E-state index is -0.395. The zero-order valence-corrected chi connectivity index (χ0v) is 12.3. The van der Waals surface area contributed by atoms with Gasteiger partial charge in [0.2, 0.25) is 0 Å². The summed E-state index contributed by atoms with van der Waals surface area (Å²) in [6.07, 6.45) is 0. The van der Waals surface area contributed by atoms with Crippen molar-refractivity contribution in [1.29, 1.82) is 5.26 Å². The van der Waals surface area contributed by atoms with Crippen molar-refractivity contribution in [3.05, 3.63) is 58.1 Å². The molecule has 1 amide bonds. The zero-order chi connectivity index (χ0) is 15.2. The summed E-state index contributed by atoms with van der Waals surface area (Å²) in [5, 5.41) is 12.2. The maximum Gasteiger partial charge on any atom is 0.262 e. The quantitative estimate of drug-likeness (QED) is 0.929. The van der Waals surface area contributed by atoms with E-state index in [1.807, 2.05) is 6.07 Å². The molecule has 0 unspecified atom stereocenters. The number of benzene rings is 2. The van der Waals surface area contributed by atoms with E-state index in [1.165, 1.54) is 0 Å². The molecule has 2 aromatic rings. The molecular formula is C15H10Cl2N2O2. The molecule has 0 heterocycles. The number of halogens is 2. The van der Waals surface area contributed by atoms with Gasteiger partial charge in [-0.05, 0) is 24.3 Å². The third kappa shape index (κ3) is 3.88. The molecular weight excluding hydrogens is 311 g/mol. The third-order valence-electron chi connectivity index (χ3n) is 2.60. The molecule has 106 valence electrons. The number of hydrogen-bond donors (Lipinski definition) is 1. The molecule has 0 saturated carbocycles. The number of nitrogens with zero attached hydrogens (tertiary/aromatic N) is 1. The smallest absolute Gasteiger partial charge is 0.262 e. The maximum atomic E-state index is 11.8. The fourth-order valence-corrected chi connectivity index (χ4v) is 1.96. The Morgan fingerprint density at radius 3 is 2.71 bits per heavy atom. The van der Waals surface area contributed by atoms with Crippen molar-refractivity contribution in [2.75, 3.05) is 11.9 Å². The molecule has 0 aromatic heterocycles. The number of rotatable bonds is 4. The SMILES string of the molecule is N#Cc1ccccc1NC(=O)COc1cccc(Cl)c1Cl. The molecule has 4 nitrogen and oxygen atoms in total. The van der Waals surface area contributed by atoms with Crippen molar-refractivity contribution < 1.29 is 9.53 Å². The number of hydrogen-bond acceptors (Lipinski definition) is 3. The van der Waals surface area contributed by atoms with Gasteiger partial charge in [-0.15, -0.1) is 0 Å². The highest BCUT2D eigenvalue weighted by molar-refractivity contribution is 6.42. The van der Waals surface area contributed by atoms with Gasteiger partial charge in [-0.3, -0.25) is 4.79 Å². The second-order valence-corrected chi connectivity index (χ2v) is 4.83. The van der Waals surface area contributed by atoms with Gasteiger partial charge in [-0.25, -0.2) is 0 Å². The molecule has 0 aliphatic rings. The van der Waals surface area contributed by atoms with Gasteiger partial charge in [0.15, 0.2) is 6.61 Å². The summed E-state index contributed by atoms with van der Waals surface area (Å²) < 4.78 is 5.31. The van der Waals surface area contributed by atoms with Gasteiger partial charge in [-0.1, -0.05) is 41.4 Å². The first-order valence-electron chi connectivity index (χ1n) is 5.97. The van der Waals surface area contributed by atoms with Crippen LogP contribution in [-0.4, -0.2) is 12.5 Å². The van der Waals surface area contributed by atoms with Crippen molar-refractivity contribution in [2.45, 2.75) is 0 Å². The minimum absolute atomic E-state index is 0.236. The Hall–Kier alpha value is -2.22. The highest BCUT2D eigenvalue weighted by Crippen LogP contribution is 2.31. The first-order valence-corrected chi connectivity index (χ1v) is 6.73. The Kier molecular flexibility index (Phi) is 5.04. The van der Waals surface area contributed by atoms with E-state index in [2.05, 4.69) is 5.32 Å². The standard InChI is InChI=1S/C15H10Cl2N2O2/c16-11-5-3-7-13(15(11)17)21-9-14(20)19-12-6-2-1-4-10(12)8-18/h1-7H,9H2,(H,19,20). The molecule has 0 radical (unpaired) electrons. The number of carbonyl (C=O) groups is 1. The molecule has 2 rings (SSSR count). The van der Waals surface area contributed by atoms with Crippen LogP contribution in [0.5, 0.6) is 5.75 Å². The number of anilines is 1. The van der Waals surface area contributed by atoms with E-state index in [4.69, 9.17) is 33.2 Å². The number of nitrogens with one attached hydrogen (secondary N) is 1. The molecule has 6 heteroatoms. The van der Waals surface area contributed by atoms with E-state index in [-0.39, 0.29) is 11.6 Å². The van der Waals surface area contributed by atoms with E-state index in [1.54, 1.807) is 42.5 Å². The van der Waals surface area contributed by atoms with Crippen molar-refractivity contribution in [1.82, 2.24) is 0 Å². The Balaban J connectivity index is 2.00. The second-order valence-electron chi connectivity index (χ2n) is 4.05. The van der Waals surface area contributed by atoms with E-state index < -0.39 is 5.91 Å². The van der Waals surface area contributed by atoms with Gasteiger partial charge in [0.05, 0.1) is 16.3 Å². The summed E-state index contributed by atoms with van der Waals surface area (Å²) in [7, 11) is 0. The van der Waals surface area contributed by atoms with Crippen molar-refractivity contribution in [3.63, 3.8) is 0 Å². The summed E-state index contributed by atoms with van der Waals surface area (Å²) in [5.74, 6) is -0.0679. The molecule has 21 heavy (non-hydrogen) atoms. The number of para-hydroxylation sites is 1. The Bertz CT molecular complexity index is 711. The van der Waals surface area contributed by atoms with Crippen LogP contribution in [0.2, 0.25) is 10.0 Å². The zero-order valence-electron chi connectivity index (χ0n) is 10.8. The molecule has 0 fully saturated rings. The summed E-state index contributed by atoms with van der Waals surface area (Å²) in [4.78, 5) is 11.8. The second kappa shape index (κ2) is 6.98. The first kappa shape index (κ1) is 15.2. The highest BCUT2D eigenvalue weighted by atomic mass is 35.5. The third-order valence-corrected chi connectivity index (χ3v) is 3.40. The fourth-order valence-electron chi connectivity index (χ4n) is 1.61. The largest absolute Gasteiger partial charge is 0.482 e. The van der Waals surface area contributed by atoms with Crippen LogP contribution in [-0.2, 0) is 4.79 Å². The average molecular weight is 321 g/mol. The van der Waals surface area contributed by atoms with Crippen molar-refractivity contribution in [3.8, 4) is 11.8 Å². The fraction of sp³-hybridized carbons (Fsp3) is 0.0667. The van der Waals surface area contributed by atoms with E-state index in [9.17, 15) is 4.79 Å². The van der Waals surface area contributed by atoms with Gasteiger partial charge in [-0.2, -0.15) is 5.26 Å². The predicted molar refractivity (Wildman–Crippen MR) is 81.7 cm³/mol. The molecule has 0 saturated heterocycles. The lowest BCUT2D eigenvalue weighted by Crippen LogP contribution is -2.20. The number of ether oxygens (including phenoxy) is 1. The van der Waals surface area contributed by atoms with Crippen LogP contribution in [0.1, 0.15) is 5.56 Å². The van der Waals surface area contributed by atoms with Gasteiger partial charge < -0.3 is 10.1 Å². The van der Waals surface area contributed by atoms with Crippen molar-refractivity contribution in [2.24, 2.45) is 0 Å². The van der Waals surface area contributed by atoms with Crippen LogP contribution in [0.4, 0.5) is 5.69 Å². The summed E-state index contributed by atoms with van der Waals surface area (Å²) in [6, 6.07) is 13.6. The van der Waals surface area contributed by atoms with Crippen LogP contribution in [0.25, 0.3) is 0 Å². The van der Waals surface area contributed by atoms with E-state index >= 15 is 0 Å². The number of carbonyl (C=O) groups excluding carboxylic acids is 1. The van der Waals surface area contributed by atoms with Crippen LogP contribution < -0.4 is 10.1 Å². The topological polar surface area (TPSA) is 62.1 Å². The van der Waals surface area contributed by atoms with Gasteiger partial charge in [0.25, 0.3) is 5.91 Å². The predicted octanol–water partition coefficient (Wildman–Crippen LogP) is 3.88. The first-order chi connectivity index (χ1) is 10.1. The molecule has 1 N–H and O–H groups in total. The van der Waals surface area contributed by atoms with Crippen LogP contribution in [0.3, 0.4) is 0 Å². The Morgan fingerprint density at radius 2 is 1.95 bits per heavy atom. The minimum Gasteiger partial charge on any atom is -0.482 e. The molecule has 0 bridgehead atoms. The lowest BCUT2D eigenvalue weighted by atomic mass is 10.2. The monoisotopic (exact) mass is 320 g/mol. The summed E-state index contributed by atoms with van der Waals surface area (Å²) in [6.45, 7) is -0.236.